The third-order valence-electron chi connectivity index (χ3n) is 5.08. The van der Waals surface area contributed by atoms with Gasteiger partial charge in [-0.15, -0.1) is 0 Å². The number of nitrogens with zero attached hydrogens (tertiary/aromatic N) is 1. The third-order valence-corrected chi connectivity index (χ3v) is 5.08. The molecule has 1 aromatic heterocycles. The Labute approximate surface area is 147 Å². The van der Waals surface area contributed by atoms with E-state index in [0.29, 0.717) is 5.92 Å². The molecule has 2 fully saturated rings. The maximum atomic E-state index is 12.7. The average molecular weight is 337 g/mol. The zero-order chi connectivity index (χ0) is 17.1. The Balaban J connectivity index is 1.38. The van der Waals surface area contributed by atoms with E-state index in [0.717, 1.165) is 36.6 Å². The molecular weight excluding hydrogens is 314 g/mol. The van der Waals surface area contributed by atoms with Crippen molar-refractivity contribution >= 4 is 23.1 Å². The van der Waals surface area contributed by atoms with Crippen molar-refractivity contribution in [3.05, 3.63) is 48.7 Å². The predicted octanol–water partition coefficient (Wildman–Crippen LogP) is 2.66. The first-order valence-electron chi connectivity index (χ1n) is 8.87. The molecule has 6 heteroatoms. The number of carbonyl (C=O) groups is 1. The van der Waals surface area contributed by atoms with Crippen molar-refractivity contribution in [2.45, 2.75) is 25.3 Å². The van der Waals surface area contributed by atoms with E-state index >= 15 is 0 Å². The molecule has 2 heterocycles. The summed E-state index contributed by atoms with van der Waals surface area (Å²) in [5.41, 5.74) is 8.19. The molecule has 1 amide bonds. The van der Waals surface area contributed by atoms with E-state index in [1.807, 2.05) is 42.5 Å². The van der Waals surface area contributed by atoms with Crippen LogP contribution in [0.2, 0.25) is 0 Å². The Bertz CT molecular complexity index is 718. The van der Waals surface area contributed by atoms with Crippen molar-refractivity contribution in [1.29, 1.82) is 0 Å². The maximum Gasteiger partial charge on any atom is 0.229 e. The molecule has 3 atom stereocenters. The summed E-state index contributed by atoms with van der Waals surface area (Å²) in [6, 6.07) is 13.9. The number of nitrogens with one attached hydrogen (secondary N) is 4. The second-order valence-corrected chi connectivity index (χ2v) is 6.76. The lowest BCUT2D eigenvalue weighted by atomic mass is 9.77. The highest BCUT2D eigenvalue weighted by molar-refractivity contribution is 5.93. The fourth-order valence-corrected chi connectivity index (χ4v) is 3.78. The topological polar surface area (TPSA) is 78.1 Å². The molecule has 130 valence electrons. The summed E-state index contributed by atoms with van der Waals surface area (Å²) >= 11 is 0. The number of hydrogen-bond donors (Lipinski definition) is 4. The van der Waals surface area contributed by atoms with Crippen LogP contribution >= 0.6 is 0 Å². The van der Waals surface area contributed by atoms with Crippen LogP contribution in [0.25, 0.3) is 0 Å². The first kappa shape index (κ1) is 16.1. The number of amides is 1. The second kappa shape index (κ2) is 7.21. The molecule has 1 saturated heterocycles. The fraction of sp³-hybridized carbons (Fsp3) is 0.368. The van der Waals surface area contributed by atoms with Crippen LogP contribution in [-0.4, -0.2) is 23.5 Å². The number of aromatic nitrogens is 1. The minimum Gasteiger partial charge on any atom is -0.340 e. The van der Waals surface area contributed by atoms with Crippen LogP contribution in [0, 0.1) is 11.8 Å². The second-order valence-electron chi connectivity index (χ2n) is 6.76. The molecule has 1 aliphatic carbocycles. The fourth-order valence-electron chi connectivity index (χ4n) is 3.78. The van der Waals surface area contributed by atoms with Gasteiger partial charge in [-0.3, -0.25) is 15.6 Å². The summed E-state index contributed by atoms with van der Waals surface area (Å²) in [6.07, 6.45) is 4.93. The highest BCUT2D eigenvalue weighted by atomic mass is 16.2. The molecule has 2 aliphatic rings. The Morgan fingerprint density at radius 2 is 1.96 bits per heavy atom. The van der Waals surface area contributed by atoms with Gasteiger partial charge in [-0.05, 0) is 43.0 Å². The number of rotatable bonds is 4. The quantitative estimate of drug-likeness (QED) is 0.690. The highest BCUT2D eigenvalue weighted by Gasteiger charge is 2.40. The molecule has 4 N–H and O–H groups in total. The van der Waals surface area contributed by atoms with Gasteiger partial charge in [0.05, 0.1) is 17.8 Å². The number of fused-ring (bicyclic) bond motifs is 1. The van der Waals surface area contributed by atoms with Crippen LogP contribution in [0.15, 0.2) is 48.7 Å². The lowest BCUT2D eigenvalue weighted by molar-refractivity contribution is -0.121. The molecule has 1 saturated carbocycles. The zero-order valence-electron chi connectivity index (χ0n) is 14.0. The van der Waals surface area contributed by atoms with E-state index < -0.39 is 0 Å². The molecule has 0 bridgehead atoms. The molecule has 6 nitrogen and oxygen atoms in total. The summed E-state index contributed by atoms with van der Waals surface area (Å²) in [7, 11) is 0. The van der Waals surface area contributed by atoms with E-state index in [-0.39, 0.29) is 17.9 Å². The summed E-state index contributed by atoms with van der Waals surface area (Å²) in [6.45, 7) is 0.954. The maximum absolute atomic E-state index is 12.7. The molecular formula is C19H23N5O. The van der Waals surface area contributed by atoms with Gasteiger partial charge in [0.2, 0.25) is 5.91 Å². The lowest BCUT2D eigenvalue weighted by Gasteiger charge is -2.31. The molecule has 1 aromatic carbocycles. The molecule has 1 aliphatic heterocycles. The van der Waals surface area contributed by atoms with Crippen molar-refractivity contribution in [3.8, 4) is 0 Å². The van der Waals surface area contributed by atoms with Gasteiger partial charge in [-0.25, -0.2) is 4.98 Å². The van der Waals surface area contributed by atoms with E-state index in [2.05, 4.69) is 26.5 Å². The Morgan fingerprint density at radius 1 is 1.08 bits per heavy atom. The molecule has 0 radical (unpaired) electrons. The van der Waals surface area contributed by atoms with Gasteiger partial charge >= 0.3 is 0 Å². The van der Waals surface area contributed by atoms with Gasteiger partial charge in [0.25, 0.3) is 0 Å². The first-order valence-corrected chi connectivity index (χ1v) is 8.87. The van der Waals surface area contributed by atoms with E-state index in [4.69, 9.17) is 0 Å². The smallest absolute Gasteiger partial charge is 0.229 e. The first-order chi connectivity index (χ1) is 12.3. The van der Waals surface area contributed by atoms with Gasteiger partial charge in [0.1, 0.15) is 5.82 Å². The number of carbonyl (C=O) groups excluding carboxylic acids is 1. The molecule has 2 aromatic rings. The van der Waals surface area contributed by atoms with Gasteiger partial charge in [0.15, 0.2) is 0 Å². The molecule has 4 rings (SSSR count). The van der Waals surface area contributed by atoms with Crippen molar-refractivity contribution < 1.29 is 4.79 Å². The summed E-state index contributed by atoms with van der Waals surface area (Å²) < 4.78 is 0. The summed E-state index contributed by atoms with van der Waals surface area (Å²) in [4.78, 5) is 17.0. The van der Waals surface area contributed by atoms with Crippen LogP contribution in [0.5, 0.6) is 0 Å². The van der Waals surface area contributed by atoms with E-state index in [1.54, 1.807) is 6.20 Å². The molecule has 3 unspecified atom stereocenters. The highest BCUT2D eigenvalue weighted by Crippen LogP contribution is 2.32. The summed E-state index contributed by atoms with van der Waals surface area (Å²) in [5, 5.41) is 6.25. The van der Waals surface area contributed by atoms with Crippen LogP contribution in [-0.2, 0) is 4.79 Å². The third kappa shape index (κ3) is 3.65. The Kier molecular flexibility index (Phi) is 4.63. The largest absolute Gasteiger partial charge is 0.340 e. The van der Waals surface area contributed by atoms with Crippen molar-refractivity contribution in [2.24, 2.45) is 11.8 Å². The standard InChI is InChI=1S/C19H23N5O/c25-19(16-8-4-5-13-11-21-24-18(13)16)23-15-9-10-17(20-12-15)22-14-6-2-1-3-7-14/h1-3,6-7,9-10,12-13,16,18,21,24H,4-5,8,11H2,(H,20,22)(H,23,25). The number of benzene rings is 1. The van der Waals surface area contributed by atoms with Crippen molar-refractivity contribution in [2.75, 3.05) is 17.2 Å². The van der Waals surface area contributed by atoms with Crippen LogP contribution in [0.4, 0.5) is 17.2 Å². The Morgan fingerprint density at radius 3 is 2.76 bits per heavy atom. The zero-order valence-corrected chi connectivity index (χ0v) is 14.0. The van der Waals surface area contributed by atoms with E-state index in [9.17, 15) is 4.79 Å². The van der Waals surface area contributed by atoms with Crippen molar-refractivity contribution in [1.82, 2.24) is 15.8 Å². The number of hydrazine groups is 1. The lowest BCUT2D eigenvalue weighted by Crippen LogP contribution is -2.45. The monoisotopic (exact) mass is 337 g/mol. The number of pyridine rings is 1. The van der Waals surface area contributed by atoms with Gasteiger partial charge in [-0.2, -0.15) is 0 Å². The minimum atomic E-state index is 0.0101. The molecule has 0 spiro atoms. The normalized spacial score (nSPS) is 25.2. The van der Waals surface area contributed by atoms with Gasteiger partial charge < -0.3 is 10.6 Å². The summed E-state index contributed by atoms with van der Waals surface area (Å²) in [5.74, 6) is 1.40. The Hall–Kier alpha value is -2.44. The van der Waals surface area contributed by atoms with Gasteiger partial charge in [-0.1, -0.05) is 24.6 Å². The van der Waals surface area contributed by atoms with Gasteiger partial charge in [0, 0.05) is 18.3 Å². The SMILES string of the molecule is O=C(Nc1ccc(Nc2ccccc2)nc1)C1CCCC2CNNC21. The van der Waals surface area contributed by atoms with E-state index in [1.165, 1.54) is 6.42 Å². The number of anilines is 3. The molecule has 25 heavy (non-hydrogen) atoms. The van der Waals surface area contributed by atoms with Crippen LogP contribution < -0.4 is 21.5 Å². The average Bonchev–Trinajstić information content (AvgIpc) is 3.13. The minimum absolute atomic E-state index is 0.0101. The number of hydrogen-bond acceptors (Lipinski definition) is 5. The number of para-hydroxylation sites is 1. The van der Waals surface area contributed by atoms with Crippen LogP contribution in [0.3, 0.4) is 0 Å². The predicted molar refractivity (Wildman–Crippen MR) is 98.3 cm³/mol. The van der Waals surface area contributed by atoms with Crippen molar-refractivity contribution in [3.63, 3.8) is 0 Å². The van der Waals surface area contributed by atoms with Crippen LogP contribution in [0.1, 0.15) is 19.3 Å².